The number of aliphatic imine (C=N–C) groups is 1. The number of carbonyl (C=O) groups excluding carboxylic acids is 2. The number of rotatable bonds is 2. The Morgan fingerprint density at radius 2 is 1.83 bits per heavy atom. The molecule has 0 radical (unpaired) electrons. The summed E-state index contributed by atoms with van der Waals surface area (Å²) >= 11 is 0. The van der Waals surface area contributed by atoms with Crippen LogP contribution in [0.3, 0.4) is 0 Å². The molecule has 3 nitrogen and oxygen atoms in total. The zero-order valence-electron chi connectivity index (χ0n) is 11.7. The van der Waals surface area contributed by atoms with Crippen LogP contribution in [0, 0.1) is 17.3 Å². The zero-order valence-corrected chi connectivity index (χ0v) is 11.7. The Balaban J connectivity index is 2.16. The maximum absolute atomic E-state index is 12.2. The molecule has 0 spiro atoms. The van der Waals surface area contributed by atoms with Crippen molar-refractivity contribution >= 4 is 17.3 Å². The van der Waals surface area contributed by atoms with Gasteiger partial charge in [-0.1, -0.05) is 27.2 Å². The fourth-order valence-electron chi connectivity index (χ4n) is 3.17. The molecule has 3 heteroatoms. The maximum Gasteiger partial charge on any atom is 0.149 e. The molecule has 0 bridgehead atoms. The summed E-state index contributed by atoms with van der Waals surface area (Å²) in [6.45, 7) is 6.95. The fourth-order valence-corrected chi connectivity index (χ4v) is 3.17. The molecular weight excluding hydrogens is 226 g/mol. The van der Waals surface area contributed by atoms with E-state index in [4.69, 9.17) is 0 Å². The van der Waals surface area contributed by atoms with Gasteiger partial charge in [0.05, 0.1) is 0 Å². The van der Waals surface area contributed by atoms with E-state index < -0.39 is 5.92 Å². The van der Waals surface area contributed by atoms with E-state index in [0.717, 1.165) is 31.5 Å². The van der Waals surface area contributed by atoms with E-state index >= 15 is 0 Å². The zero-order chi connectivity index (χ0) is 13.3. The molecule has 1 heterocycles. The number of Topliss-reactive ketones (excluding diaryl/α,β-unsaturated/α-hetero) is 2. The van der Waals surface area contributed by atoms with Gasteiger partial charge in [-0.05, 0) is 24.2 Å². The van der Waals surface area contributed by atoms with Gasteiger partial charge in [-0.2, -0.15) is 0 Å². The Morgan fingerprint density at radius 1 is 1.22 bits per heavy atom. The van der Waals surface area contributed by atoms with Crippen LogP contribution in [0.15, 0.2) is 4.99 Å². The molecule has 0 N–H and O–H groups in total. The van der Waals surface area contributed by atoms with Gasteiger partial charge < -0.3 is 0 Å². The van der Waals surface area contributed by atoms with Crippen LogP contribution in [0.4, 0.5) is 0 Å². The van der Waals surface area contributed by atoms with Crippen LogP contribution in [0.2, 0.25) is 0 Å². The summed E-state index contributed by atoms with van der Waals surface area (Å²) in [4.78, 5) is 28.9. The highest BCUT2D eigenvalue weighted by Crippen LogP contribution is 2.36. The normalized spacial score (nSPS) is 29.3. The summed E-state index contributed by atoms with van der Waals surface area (Å²) in [6.07, 6.45) is 4.08. The number of nitrogens with zero attached hydrogens (tertiary/aromatic N) is 1. The van der Waals surface area contributed by atoms with E-state index in [0.29, 0.717) is 18.8 Å². The predicted octanol–water partition coefficient (Wildman–Crippen LogP) is 2.82. The Morgan fingerprint density at radius 3 is 2.39 bits per heavy atom. The van der Waals surface area contributed by atoms with Gasteiger partial charge in [0.25, 0.3) is 0 Å². The molecular formula is C15H23NO2. The lowest BCUT2D eigenvalue weighted by Gasteiger charge is -2.34. The van der Waals surface area contributed by atoms with Gasteiger partial charge >= 0.3 is 0 Å². The first-order valence-corrected chi connectivity index (χ1v) is 7.01. The third kappa shape index (κ3) is 2.70. The fraction of sp³-hybridized carbons (Fsp3) is 0.800. The van der Waals surface area contributed by atoms with E-state index in [2.05, 4.69) is 11.9 Å². The summed E-state index contributed by atoms with van der Waals surface area (Å²) in [7, 11) is 0. The second-order valence-corrected chi connectivity index (χ2v) is 6.52. The molecule has 1 aliphatic heterocycles. The minimum absolute atomic E-state index is 0.0896. The highest BCUT2D eigenvalue weighted by molar-refractivity contribution is 6.22. The first kappa shape index (κ1) is 13.4. The smallest absolute Gasteiger partial charge is 0.149 e. The lowest BCUT2D eigenvalue weighted by atomic mass is 9.69. The SMILES string of the molecule is CCC1CCN=C(C2C(=O)CC(C)(C)CC2=O)C1. The van der Waals surface area contributed by atoms with Crippen molar-refractivity contribution in [3.63, 3.8) is 0 Å². The monoisotopic (exact) mass is 249 g/mol. The van der Waals surface area contributed by atoms with E-state index in [9.17, 15) is 9.59 Å². The summed E-state index contributed by atoms with van der Waals surface area (Å²) < 4.78 is 0. The third-order valence-electron chi connectivity index (χ3n) is 4.21. The summed E-state index contributed by atoms with van der Waals surface area (Å²) in [6, 6.07) is 0. The van der Waals surface area contributed by atoms with Crippen LogP contribution in [-0.4, -0.2) is 23.8 Å². The molecule has 18 heavy (non-hydrogen) atoms. The average Bonchev–Trinajstić information content (AvgIpc) is 2.26. The number of ketones is 2. The van der Waals surface area contributed by atoms with Crippen LogP contribution in [-0.2, 0) is 9.59 Å². The first-order valence-electron chi connectivity index (χ1n) is 7.01. The second kappa shape index (κ2) is 4.94. The van der Waals surface area contributed by atoms with Crippen LogP contribution in [0.5, 0.6) is 0 Å². The van der Waals surface area contributed by atoms with E-state index in [1.807, 2.05) is 13.8 Å². The van der Waals surface area contributed by atoms with Crippen molar-refractivity contribution < 1.29 is 9.59 Å². The van der Waals surface area contributed by atoms with Gasteiger partial charge in [0, 0.05) is 25.1 Å². The third-order valence-corrected chi connectivity index (χ3v) is 4.21. The van der Waals surface area contributed by atoms with Gasteiger partial charge in [-0.25, -0.2) is 0 Å². The van der Waals surface area contributed by atoms with Gasteiger partial charge in [-0.15, -0.1) is 0 Å². The van der Waals surface area contributed by atoms with E-state index in [1.165, 1.54) is 0 Å². The van der Waals surface area contributed by atoms with E-state index in [1.54, 1.807) is 0 Å². The number of hydrogen-bond donors (Lipinski definition) is 0. The van der Waals surface area contributed by atoms with Gasteiger partial charge in [0.15, 0.2) is 0 Å². The van der Waals surface area contributed by atoms with Crippen LogP contribution in [0.1, 0.15) is 52.9 Å². The maximum atomic E-state index is 12.2. The molecule has 0 aromatic carbocycles. The van der Waals surface area contributed by atoms with Crippen molar-refractivity contribution in [3.05, 3.63) is 0 Å². The second-order valence-electron chi connectivity index (χ2n) is 6.52. The molecule has 0 aromatic rings. The molecule has 0 amide bonds. The first-order chi connectivity index (χ1) is 8.43. The van der Waals surface area contributed by atoms with Gasteiger partial charge in [-0.3, -0.25) is 14.6 Å². The lowest BCUT2D eigenvalue weighted by Crippen LogP contribution is -2.43. The molecule has 100 valence electrons. The summed E-state index contributed by atoms with van der Waals surface area (Å²) in [5.74, 6) is 0.277. The molecule has 2 aliphatic rings. The molecule has 1 atom stereocenters. The molecule has 1 aliphatic carbocycles. The topological polar surface area (TPSA) is 46.5 Å². The highest BCUT2D eigenvalue weighted by atomic mass is 16.2. The van der Waals surface area contributed by atoms with Gasteiger partial charge in [0.1, 0.15) is 17.5 Å². The number of carbonyl (C=O) groups is 2. The largest absolute Gasteiger partial charge is 0.298 e. The van der Waals surface area contributed by atoms with Crippen molar-refractivity contribution in [2.75, 3.05) is 6.54 Å². The number of hydrogen-bond acceptors (Lipinski definition) is 3. The molecule has 0 aromatic heterocycles. The minimum atomic E-state index is -0.507. The van der Waals surface area contributed by atoms with Crippen molar-refractivity contribution in [2.24, 2.45) is 22.2 Å². The Labute approximate surface area is 109 Å². The summed E-state index contributed by atoms with van der Waals surface area (Å²) in [5, 5.41) is 0. The minimum Gasteiger partial charge on any atom is -0.298 e. The van der Waals surface area contributed by atoms with Crippen molar-refractivity contribution in [1.82, 2.24) is 0 Å². The molecule has 2 rings (SSSR count). The summed E-state index contributed by atoms with van der Waals surface area (Å²) in [5.41, 5.74) is 0.711. The van der Waals surface area contributed by atoms with Crippen LogP contribution >= 0.6 is 0 Å². The highest BCUT2D eigenvalue weighted by Gasteiger charge is 2.42. The molecule has 0 saturated heterocycles. The van der Waals surface area contributed by atoms with Crippen LogP contribution < -0.4 is 0 Å². The van der Waals surface area contributed by atoms with E-state index in [-0.39, 0.29) is 17.0 Å². The van der Waals surface area contributed by atoms with Gasteiger partial charge in [0.2, 0.25) is 0 Å². The van der Waals surface area contributed by atoms with Crippen LogP contribution in [0.25, 0.3) is 0 Å². The predicted molar refractivity (Wildman–Crippen MR) is 71.8 cm³/mol. The average molecular weight is 249 g/mol. The Kier molecular flexibility index (Phi) is 3.69. The lowest BCUT2D eigenvalue weighted by molar-refractivity contribution is -0.136. The van der Waals surface area contributed by atoms with Crippen molar-refractivity contribution in [3.8, 4) is 0 Å². The van der Waals surface area contributed by atoms with Crippen molar-refractivity contribution in [2.45, 2.75) is 52.9 Å². The Bertz CT molecular complexity index is 375. The molecule has 1 fully saturated rings. The Hall–Kier alpha value is -0.990. The quantitative estimate of drug-likeness (QED) is 0.706. The standard InChI is InChI=1S/C15H23NO2/c1-4-10-5-6-16-11(7-10)14-12(17)8-15(2,3)9-13(14)18/h10,14H,4-9H2,1-3H3. The van der Waals surface area contributed by atoms with Crippen molar-refractivity contribution in [1.29, 1.82) is 0 Å². The molecule has 1 unspecified atom stereocenters. The molecule has 1 saturated carbocycles.